The number of fused-ring (bicyclic) bond motifs is 1. The van der Waals surface area contributed by atoms with E-state index in [1.54, 1.807) is 0 Å². The molecule has 20 heavy (non-hydrogen) atoms. The maximum Gasteiger partial charge on any atom is 0.134 e. The second-order valence-corrected chi connectivity index (χ2v) is 5.60. The Hall–Kier alpha value is -1.32. The molecule has 0 bridgehead atoms. The third kappa shape index (κ3) is 2.60. The van der Waals surface area contributed by atoms with Crippen molar-refractivity contribution < 1.29 is 9.15 Å². The Morgan fingerprint density at radius 3 is 2.90 bits per heavy atom. The van der Waals surface area contributed by atoms with Gasteiger partial charge in [0, 0.05) is 37.1 Å². The molecule has 1 aliphatic rings. The molecular formula is C17H23NO2. The minimum atomic E-state index is 0.430. The van der Waals surface area contributed by atoms with Crippen LogP contribution in [0.5, 0.6) is 0 Å². The summed E-state index contributed by atoms with van der Waals surface area (Å²) in [5.74, 6) is 1.11. The fraction of sp³-hybridized carbons (Fsp3) is 0.529. The van der Waals surface area contributed by atoms with E-state index in [2.05, 4.69) is 30.4 Å². The maximum atomic E-state index is 5.94. The van der Waals surface area contributed by atoms with Gasteiger partial charge in [0.15, 0.2) is 0 Å². The lowest BCUT2D eigenvalue weighted by molar-refractivity contribution is 0.107. The van der Waals surface area contributed by atoms with Crippen molar-refractivity contribution >= 4 is 11.0 Å². The summed E-state index contributed by atoms with van der Waals surface area (Å²) in [4.78, 5) is 0. The van der Waals surface area contributed by atoms with Crippen molar-refractivity contribution in [3.63, 3.8) is 0 Å². The lowest BCUT2D eigenvalue weighted by Gasteiger charge is -2.13. The first-order valence-corrected chi connectivity index (χ1v) is 7.57. The monoisotopic (exact) mass is 273 g/mol. The SMILES string of the molecule is CCc1oc2ccccc2c1CNC1CCC(OC)C1. The fourth-order valence-corrected chi connectivity index (χ4v) is 3.21. The molecule has 108 valence electrons. The molecule has 3 heteroatoms. The Kier molecular flexibility index (Phi) is 4.08. The number of nitrogens with one attached hydrogen (secondary N) is 1. The van der Waals surface area contributed by atoms with Crippen molar-refractivity contribution in [2.24, 2.45) is 0 Å². The minimum absolute atomic E-state index is 0.430. The van der Waals surface area contributed by atoms with E-state index < -0.39 is 0 Å². The van der Waals surface area contributed by atoms with Crippen LogP contribution in [0.2, 0.25) is 0 Å². The second kappa shape index (κ2) is 5.98. The van der Waals surface area contributed by atoms with E-state index in [1.807, 2.05) is 13.2 Å². The number of hydrogen-bond acceptors (Lipinski definition) is 3. The minimum Gasteiger partial charge on any atom is -0.461 e. The number of benzene rings is 1. The summed E-state index contributed by atoms with van der Waals surface area (Å²) in [6, 6.07) is 8.88. The predicted molar refractivity (Wildman–Crippen MR) is 80.9 cm³/mol. The second-order valence-electron chi connectivity index (χ2n) is 5.60. The van der Waals surface area contributed by atoms with Gasteiger partial charge in [-0.2, -0.15) is 0 Å². The summed E-state index contributed by atoms with van der Waals surface area (Å²) in [5.41, 5.74) is 2.33. The van der Waals surface area contributed by atoms with Gasteiger partial charge in [0.25, 0.3) is 0 Å². The third-order valence-corrected chi connectivity index (χ3v) is 4.39. The van der Waals surface area contributed by atoms with Gasteiger partial charge in [0.05, 0.1) is 6.10 Å². The molecule has 1 aliphatic carbocycles. The van der Waals surface area contributed by atoms with Gasteiger partial charge in [-0.05, 0) is 25.3 Å². The molecule has 2 aromatic rings. The van der Waals surface area contributed by atoms with E-state index in [-0.39, 0.29) is 0 Å². The molecule has 1 aromatic heterocycles. The first kappa shape index (κ1) is 13.7. The van der Waals surface area contributed by atoms with E-state index in [1.165, 1.54) is 23.8 Å². The van der Waals surface area contributed by atoms with Crippen LogP contribution >= 0.6 is 0 Å². The van der Waals surface area contributed by atoms with Crippen LogP contribution in [0.4, 0.5) is 0 Å². The van der Waals surface area contributed by atoms with E-state index in [9.17, 15) is 0 Å². The Morgan fingerprint density at radius 2 is 2.15 bits per heavy atom. The number of methoxy groups -OCH3 is 1. The van der Waals surface area contributed by atoms with Crippen LogP contribution in [0, 0.1) is 0 Å². The van der Waals surface area contributed by atoms with Crippen LogP contribution in [0.3, 0.4) is 0 Å². The summed E-state index contributed by atoms with van der Waals surface area (Å²) in [7, 11) is 1.81. The predicted octanol–water partition coefficient (Wildman–Crippen LogP) is 3.65. The maximum absolute atomic E-state index is 5.94. The number of aryl methyl sites for hydroxylation is 1. The summed E-state index contributed by atoms with van der Waals surface area (Å²) in [6.45, 7) is 3.04. The van der Waals surface area contributed by atoms with Crippen molar-refractivity contribution in [1.29, 1.82) is 0 Å². The first-order chi connectivity index (χ1) is 9.81. The molecule has 1 N–H and O–H groups in total. The highest BCUT2D eigenvalue weighted by Crippen LogP contribution is 2.27. The zero-order valence-corrected chi connectivity index (χ0v) is 12.3. The molecule has 1 fully saturated rings. The summed E-state index contributed by atoms with van der Waals surface area (Å²) in [6.07, 6.45) is 4.86. The molecule has 0 radical (unpaired) electrons. The fourth-order valence-electron chi connectivity index (χ4n) is 3.21. The van der Waals surface area contributed by atoms with Crippen LogP contribution in [0.15, 0.2) is 28.7 Å². The quantitative estimate of drug-likeness (QED) is 0.903. The normalized spacial score (nSPS) is 22.7. The molecule has 1 heterocycles. The summed E-state index contributed by atoms with van der Waals surface area (Å²) >= 11 is 0. The molecule has 0 aliphatic heterocycles. The lowest BCUT2D eigenvalue weighted by atomic mass is 10.1. The highest BCUT2D eigenvalue weighted by molar-refractivity contribution is 5.82. The Morgan fingerprint density at radius 1 is 1.30 bits per heavy atom. The number of rotatable bonds is 5. The molecule has 1 saturated carbocycles. The Labute approximate surface area is 120 Å². The number of hydrogen-bond donors (Lipinski definition) is 1. The largest absolute Gasteiger partial charge is 0.461 e. The van der Waals surface area contributed by atoms with Gasteiger partial charge in [0.2, 0.25) is 0 Å². The van der Waals surface area contributed by atoms with E-state index >= 15 is 0 Å². The van der Waals surface area contributed by atoms with E-state index in [0.717, 1.165) is 30.7 Å². The molecular weight excluding hydrogens is 250 g/mol. The van der Waals surface area contributed by atoms with Gasteiger partial charge < -0.3 is 14.5 Å². The standard InChI is InChI=1S/C17H23NO2/c1-3-16-15(14-6-4-5-7-17(14)20-16)11-18-12-8-9-13(10-12)19-2/h4-7,12-13,18H,3,8-11H2,1-2H3. The number of ether oxygens (including phenoxy) is 1. The van der Waals surface area contributed by atoms with Crippen molar-refractivity contribution in [3.05, 3.63) is 35.6 Å². The van der Waals surface area contributed by atoms with Crippen LogP contribution < -0.4 is 5.32 Å². The number of para-hydroxylation sites is 1. The molecule has 0 saturated heterocycles. The van der Waals surface area contributed by atoms with Crippen LogP contribution in [-0.2, 0) is 17.7 Å². The smallest absolute Gasteiger partial charge is 0.134 e. The van der Waals surface area contributed by atoms with Gasteiger partial charge in [-0.1, -0.05) is 25.1 Å². The van der Waals surface area contributed by atoms with Crippen LogP contribution in [0.25, 0.3) is 11.0 Å². The lowest BCUT2D eigenvalue weighted by Crippen LogP contribution is -2.26. The molecule has 3 rings (SSSR count). The Bertz CT molecular complexity index is 575. The molecule has 0 spiro atoms. The van der Waals surface area contributed by atoms with E-state index in [0.29, 0.717) is 12.1 Å². The zero-order chi connectivity index (χ0) is 13.9. The summed E-state index contributed by atoms with van der Waals surface area (Å²) in [5, 5.41) is 4.92. The average molecular weight is 273 g/mol. The molecule has 2 unspecified atom stereocenters. The first-order valence-electron chi connectivity index (χ1n) is 7.57. The average Bonchev–Trinajstić information content (AvgIpc) is 3.08. The van der Waals surface area contributed by atoms with Crippen LogP contribution in [-0.4, -0.2) is 19.3 Å². The highest BCUT2D eigenvalue weighted by Gasteiger charge is 2.24. The van der Waals surface area contributed by atoms with Crippen LogP contribution in [0.1, 0.15) is 37.5 Å². The zero-order valence-electron chi connectivity index (χ0n) is 12.3. The van der Waals surface area contributed by atoms with Crippen molar-refractivity contribution in [3.8, 4) is 0 Å². The highest BCUT2D eigenvalue weighted by atomic mass is 16.5. The van der Waals surface area contributed by atoms with Crippen molar-refractivity contribution in [2.45, 2.75) is 51.3 Å². The van der Waals surface area contributed by atoms with Crippen molar-refractivity contribution in [2.75, 3.05) is 7.11 Å². The Balaban J connectivity index is 1.74. The van der Waals surface area contributed by atoms with Gasteiger partial charge in [-0.15, -0.1) is 0 Å². The van der Waals surface area contributed by atoms with Gasteiger partial charge in [-0.25, -0.2) is 0 Å². The van der Waals surface area contributed by atoms with E-state index in [4.69, 9.17) is 9.15 Å². The molecule has 2 atom stereocenters. The topological polar surface area (TPSA) is 34.4 Å². The molecule has 1 aromatic carbocycles. The van der Waals surface area contributed by atoms with Gasteiger partial charge in [-0.3, -0.25) is 0 Å². The molecule has 3 nitrogen and oxygen atoms in total. The number of furan rings is 1. The van der Waals surface area contributed by atoms with Gasteiger partial charge in [0.1, 0.15) is 11.3 Å². The third-order valence-electron chi connectivity index (χ3n) is 4.39. The molecule has 0 amide bonds. The summed E-state index contributed by atoms with van der Waals surface area (Å²) < 4.78 is 11.4. The van der Waals surface area contributed by atoms with Crippen molar-refractivity contribution in [1.82, 2.24) is 5.32 Å². The van der Waals surface area contributed by atoms with Gasteiger partial charge >= 0.3 is 0 Å².